The molecule has 1 rings (SSSR count). The molecule has 0 bridgehead atoms. The average Bonchev–Trinajstić information content (AvgIpc) is 1.69. The Morgan fingerprint density at radius 3 is 2.71 bits per heavy atom. The van der Waals surface area contributed by atoms with Crippen molar-refractivity contribution in [3.05, 3.63) is 10.2 Å². The fraction of sp³-hybridized carbons (Fsp3) is 0. The van der Waals surface area contributed by atoms with Crippen molar-refractivity contribution < 1.29 is 0 Å². The van der Waals surface area contributed by atoms with Gasteiger partial charge in [0.2, 0.25) is 0 Å². The van der Waals surface area contributed by atoms with Crippen molar-refractivity contribution >= 4 is 58.9 Å². The van der Waals surface area contributed by atoms with Crippen LogP contribution in [0.25, 0.3) is 0 Å². The third kappa shape index (κ3) is 2.36. The molecule has 0 aromatic heterocycles. The third-order valence-electron chi connectivity index (χ3n) is 0.452. The van der Waals surface area contributed by atoms with E-state index in [1.165, 1.54) is 0.848 Å². The van der Waals surface area contributed by atoms with Gasteiger partial charge >= 0.3 is 0 Å². The van der Waals surface area contributed by atoms with Gasteiger partial charge < -0.3 is 0 Å². The second-order valence-electron chi connectivity index (χ2n) is 0.903. The molecule has 0 spiro atoms. The molecule has 0 amide bonds. The number of rotatable bonds is 0. The molecule has 0 unspecified atom stereocenters. The lowest BCUT2D eigenvalue weighted by Gasteiger charge is -1.86. The number of allylic oxidation sites excluding steroid dienone is 1. The first-order chi connectivity index (χ1) is 3.39. The van der Waals surface area contributed by atoms with Crippen molar-refractivity contribution in [1.82, 2.24) is 0 Å². The van der Waals surface area contributed by atoms with Crippen LogP contribution in [0.15, 0.2) is 10.2 Å². The molecule has 0 saturated carbocycles. The molecular weight excluding hydrogens is 334 g/mol. The second kappa shape index (κ2) is 3.34. The summed E-state index contributed by atoms with van der Waals surface area (Å²) in [6, 6.07) is 0. The van der Waals surface area contributed by atoms with E-state index in [2.05, 4.69) is 26.8 Å². The van der Waals surface area contributed by atoms with Gasteiger partial charge in [0, 0.05) is 0 Å². The molecule has 7 heavy (non-hydrogen) atoms. The minimum atomic E-state index is 0.270. The van der Waals surface area contributed by atoms with Crippen LogP contribution >= 0.6 is 54.1 Å². The van der Waals surface area contributed by atoms with Gasteiger partial charge in [0.25, 0.3) is 0 Å². The fourth-order valence-electron chi connectivity index (χ4n) is 0.228. The van der Waals surface area contributed by atoms with Crippen LogP contribution in [-0.2, 0) is 0 Å². The Hall–Kier alpha value is 1.29. The fourth-order valence-corrected chi connectivity index (χ4v) is 6.07. The average molecular weight is 338 g/mol. The molecule has 1 aliphatic rings. The summed E-state index contributed by atoms with van der Waals surface area (Å²) in [4.78, 5) is 0. The van der Waals surface area contributed by atoms with Crippen molar-refractivity contribution in [3.8, 4) is 0 Å². The van der Waals surface area contributed by atoms with E-state index < -0.39 is 0 Å². The van der Waals surface area contributed by atoms with Gasteiger partial charge in [-0.1, -0.05) is 47.5 Å². The quantitative estimate of drug-likeness (QED) is 0.509. The molecule has 0 aliphatic carbocycles. The molecule has 0 nitrogen and oxygen atoms in total. The summed E-state index contributed by atoms with van der Waals surface area (Å²) in [5.74, 6) is 0. The summed E-state index contributed by atoms with van der Waals surface area (Å²) < 4.78 is 6.00. The highest BCUT2D eigenvalue weighted by atomic mass is 127. The molecule has 0 saturated heterocycles. The molecule has 0 radical (unpaired) electrons. The minimum Gasteiger partial charge on any atom is -0.131 e. The van der Waals surface area contributed by atoms with Gasteiger partial charge in [-0.3, -0.25) is 0 Å². The van der Waals surface area contributed by atoms with Gasteiger partial charge in [-0.05, 0) is 8.09 Å². The van der Waals surface area contributed by atoms with Crippen LogP contribution in [0.1, 0.15) is 0 Å². The smallest absolute Gasteiger partial charge is 0.0702 e. The summed E-state index contributed by atoms with van der Waals surface area (Å²) in [5.41, 5.74) is 0. The summed E-state index contributed by atoms with van der Waals surface area (Å²) in [6.07, 6.45) is 2.18. The standard InChI is InChI=1S/C4H4I2S/c7-4-5-2-1-3-6-4/h1-3,7H. The minimum absolute atomic E-state index is 0.270. The first-order valence-electron chi connectivity index (χ1n) is 1.70. The zero-order valence-corrected chi connectivity index (χ0v) is 8.64. The van der Waals surface area contributed by atoms with Crippen molar-refractivity contribution in [3.63, 3.8) is 0 Å². The topological polar surface area (TPSA) is 0 Å². The number of hydrogen-bond donors (Lipinski definition) is 1. The molecule has 1 heterocycles. The Bertz CT molecular complexity index is 146. The van der Waals surface area contributed by atoms with Crippen molar-refractivity contribution in [2.24, 2.45) is 0 Å². The SMILES string of the molecule is SC1=IC=CC=I1. The maximum absolute atomic E-state index is 4.29. The van der Waals surface area contributed by atoms with E-state index >= 15 is 0 Å². The highest BCUT2D eigenvalue weighted by molar-refractivity contribution is 14.3. The van der Waals surface area contributed by atoms with Crippen LogP contribution in [0.5, 0.6) is 0 Å². The third-order valence-corrected chi connectivity index (χ3v) is 7.50. The Balaban J connectivity index is 2.82. The lowest BCUT2D eigenvalue weighted by Crippen LogP contribution is -1.65. The van der Waals surface area contributed by atoms with Gasteiger partial charge in [0.05, 0.1) is 0.848 Å². The molecule has 40 valence electrons. The van der Waals surface area contributed by atoms with Crippen molar-refractivity contribution in [2.75, 3.05) is 0 Å². The molecule has 1 aliphatic heterocycles. The molecule has 0 aromatic carbocycles. The predicted molar refractivity (Wildman–Crippen MR) is 57.2 cm³/mol. The Kier molecular flexibility index (Phi) is 3.06. The van der Waals surface area contributed by atoms with E-state index in [4.69, 9.17) is 0 Å². The first kappa shape index (κ1) is 6.41. The summed E-state index contributed by atoms with van der Waals surface area (Å²) in [5, 5.41) is 0. The van der Waals surface area contributed by atoms with Gasteiger partial charge in [-0.25, -0.2) is 0 Å². The van der Waals surface area contributed by atoms with E-state index in [0.717, 1.165) is 0 Å². The zero-order chi connectivity index (χ0) is 5.11. The van der Waals surface area contributed by atoms with Gasteiger partial charge in [-0.15, -0.1) is 12.6 Å². The highest BCUT2D eigenvalue weighted by Gasteiger charge is 1.81. The van der Waals surface area contributed by atoms with Crippen molar-refractivity contribution in [1.29, 1.82) is 0 Å². The molecule has 0 atom stereocenters. The van der Waals surface area contributed by atoms with Crippen LogP contribution in [-0.4, -0.2) is 4.86 Å². The Labute approximate surface area is 68.3 Å². The van der Waals surface area contributed by atoms with Crippen LogP contribution in [0, 0.1) is 0 Å². The van der Waals surface area contributed by atoms with E-state index in [1.807, 2.05) is 0 Å². The van der Waals surface area contributed by atoms with Crippen LogP contribution in [0.4, 0.5) is 0 Å². The molecule has 3 heteroatoms. The molecule has 0 aromatic rings. The van der Waals surface area contributed by atoms with Crippen LogP contribution < -0.4 is 0 Å². The highest BCUT2D eigenvalue weighted by Crippen LogP contribution is 2.19. The molecule has 0 fully saturated rings. The number of hydrogen-bond acceptors (Lipinski definition) is 1. The Morgan fingerprint density at radius 1 is 1.57 bits per heavy atom. The number of halogens is 2. The van der Waals surface area contributed by atoms with E-state index in [9.17, 15) is 0 Å². The molecular formula is C4H4I2S. The summed E-state index contributed by atoms with van der Waals surface area (Å²) in [6.45, 7) is 0. The maximum atomic E-state index is 4.29. The normalized spacial score (nSPS) is 19.3. The Morgan fingerprint density at radius 2 is 2.43 bits per heavy atom. The molecule has 0 N–H and O–H groups in total. The van der Waals surface area contributed by atoms with Crippen LogP contribution in [0.3, 0.4) is 0 Å². The van der Waals surface area contributed by atoms with Crippen LogP contribution in [0.2, 0.25) is 0 Å². The largest absolute Gasteiger partial charge is 0.131 e. The van der Waals surface area contributed by atoms with Gasteiger partial charge in [-0.2, -0.15) is 0 Å². The summed E-state index contributed by atoms with van der Waals surface area (Å²) >= 11 is 4.83. The van der Waals surface area contributed by atoms with E-state index in [1.54, 1.807) is 0 Å². The number of thiol groups is 1. The first-order valence-corrected chi connectivity index (χ1v) is 6.80. The van der Waals surface area contributed by atoms with Crippen molar-refractivity contribution in [2.45, 2.75) is 0 Å². The van der Waals surface area contributed by atoms with E-state index in [-0.39, 0.29) is 41.5 Å². The van der Waals surface area contributed by atoms with E-state index in [0.29, 0.717) is 0 Å². The lowest BCUT2D eigenvalue weighted by molar-refractivity contribution is 2.54. The lowest BCUT2D eigenvalue weighted by atomic mass is 10.8. The monoisotopic (exact) mass is 338 g/mol. The second-order valence-corrected chi connectivity index (χ2v) is 9.96. The van der Waals surface area contributed by atoms with Gasteiger partial charge in [0.15, 0.2) is 0 Å². The van der Waals surface area contributed by atoms with Gasteiger partial charge in [0.1, 0.15) is 0 Å². The summed E-state index contributed by atoms with van der Waals surface area (Å²) in [7, 11) is 0. The zero-order valence-electron chi connectivity index (χ0n) is 3.44. The maximum Gasteiger partial charge on any atom is 0.0702 e. The predicted octanol–water partition coefficient (Wildman–Crippen LogP) is 2.27.